The van der Waals surface area contributed by atoms with Gasteiger partial charge in [-0.25, -0.2) is 8.78 Å². The van der Waals surface area contributed by atoms with E-state index in [9.17, 15) is 13.6 Å². The number of amides is 1. The fraction of sp³-hybridized carbons (Fsp3) is 0.588. The molecule has 1 aromatic rings. The van der Waals surface area contributed by atoms with Crippen LogP contribution < -0.4 is 5.32 Å². The Morgan fingerprint density at radius 2 is 2.05 bits per heavy atom. The molecule has 2 rings (SSSR count). The Labute approximate surface area is 130 Å². The standard InChI is InChI=1S/C17H24F2N2O/c1-12(10-20-2)17(22)21(15-5-3-4-6-15)11-13-9-14(18)7-8-16(13)19/h7-9,12,15,20H,3-6,10-11H2,1-2H3. The highest BCUT2D eigenvalue weighted by atomic mass is 19.1. The second kappa shape index (κ2) is 7.68. The summed E-state index contributed by atoms with van der Waals surface area (Å²) in [5.41, 5.74) is 0.247. The molecule has 1 fully saturated rings. The highest BCUT2D eigenvalue weighted by molar-refractivity contribution is 5.79. The van der Waals surface area contributed by atoms with Gasteiger partial charge >= 0.3 is 0 Å². The summed E-state index contributed by atoms with van der Waals surface area (Å²) in [6, 6.07) is 3.55. The van der Waals surface area contributed by atoms with Gasteiger partial charge in [-0.3, -0.25) is 4.79 Å². The zero-order valence-corrected chi connectivity index (χ0v) is 13.2. The minimum absolute atomic E-state index is 0.00455. The summed E-state index contributed by atoms with van der Waals surface area (Å²) in [6.07, 6.45) is 4.05. The van der Waals surface area contributed by atoms with Crippen LogP contribution in [0.1, 0.15) is 38.2 Å². The van der Waals surface area contributed by atoms with Gasteiger partial charge < -0.3 is 10.2 Å². The Hall–Kier alpha value is -1.49. The Bertz CT molecular complexity index is 515. The van der Waals surface area contributed by atoms with E-state index in [1.54, 1.807) is 11.9 Å². The predicted octanol–water partition coefficient (Wildman–Crippen LogP) is 3.09. The molecule has 0 aromatic heterocycles. The summed E-state index contributed by atoms with van der Waals surface area (Å²) in [7, 11) is 1.80. The molecule has 0 saturated heterocycles. The molecule has 3 nitrogen and oxygen atoms in total. The number of nitrogens with one attached hydrogen (secondary N) is 1. The van der Waals surface area contributed by atoms with Gasteiger partial charge in [0.05, 0.1) is 0 Å². The number of hydrogen-bond acceptors (Lipinski definition) is 2. The second-order valence-electron chi connectivity index (χ2n) is 6.10. The molecule has 0 radical (unpaired) electrons. The van der Waals surface area contributed by atoms with Crippen LogP contribution in [0.15, 0.2) is 18.2 Å². The summed E-state index contributed by atoms with van der Waals surface area (Å²) in [5.74, 6) is -1.11. The number of hydrogen-bond donors (Lipinski definition) is 1. The number of rotatable bonds is 6. The average molecular weight is 310 g/mol. The van der Waals surface area contributed by atoms with Gasteiger partial charge in [-0.15, -0.1) is 0 Å². The minimum Gasteiger partial charge on any atom is -0.335 e. The van der Waals surface area contributed by atoms with Crippen molar-refractivity contribution >= 4 is 5.91 Å². The van der Waals surface area contributed by atoms with Crippen molar-refractivity contribution in [1.29, 1.82) is 0 Å². The maximum Gasteiger partial charge on any atom is 0.227 e. The topological polar surface area (TPSA) is 32.3 Å². The van der Waals surface area contributed by atoms with Crippen molar-refractivity contribution in [2.24, 2.45) is 5.92 Å². The molecule has 1 aliphatic carbocycles. The Balaban J connectivity index is 2.20. The fourth-order valence-electron chi connectivity index (χ4n) is 3.13. The molecular weight excluding hydrogens is 286 g/mol. The number of benzene rings is 1. The minimum atomic E-state index is -0.474. The largest absolute Gasteiger partial charge is 0.335 e. The fourth-order valence-corrected chi connectivity index (χ4v) is 3.13. The van der Waals surface area contributed by atoms with Gasteiger partial charge in [0.2, 0.25) is 5.91 Å². The highest BCUT2D eigenvalue weighted by Gasteiger charge is 2.30. The van der Waals surface area contributed by atoms with E-state index in [0.29, 0.717) is 6.54 Å². The van der Waals surface area contributed by atoms with E-state index < -0.39 is 11.6 Å². The molecule has 1 aliphatic rings. The normalized spacial score (nSPS) is 16.7. The number of carbonyl (C=O) groups excluding carboxylic acids is 1. The molecule has 1 N–H and O–H groups in total. The Morgan fingerprint density at radius 1 is 1.36 bits per heavy atom. The van der Waals surface area contributed by atoms with Crippen molar-refractivity contribution in [1.82, 2.24) is 10.2 Å². The Kier molecular flexibility index (Phi) is 5.89. The lowest BCUT2D eigenvalue weighted by molar-refractivity contribution is -0.137. The first-order valence-corrected chi connectivity index (χ1v) is 7.92. The van der Waals surface area contributed by atoms with Gasteiger partial charge in [-0.05, 0) is 38.1 Å². The van der Waals surface area contributed by atoms with Gasteiger partial charge in [0.25, 0.3) is 0 Å². The molecular formula is C17H24F2N2O. The SMILES string of the molecule is CNCC(C)C(=O)N(Cc1cc(F)ccc1F)C1CCCC1. The molecule has 5 heteroatoms. The lowest BCUT2D eigenvalue weighted by atomic mass is 10.1. The summed E-state index contributed by atoms with van der Waals surface area (Å²) < 4.78 is 27.3. The summed E-state index contributed by atoms with van der Waals surface area (Å²) in [5, 5.41) is 3.00. The van der Waals surface area contributed by atoms with Gasteiger partial charge in [0.15, 0.2) is 0 Å². The van der Waals surface area contributed by atoms with Crippen LogP contribution in [-0.4, -0.2) is 30.4 Å². The van der Waals surface area contributed by atoms with E-state index in [4.69, 9.17) is 0 Å². The van der Waals surface area contributed by atoms with Gasteiger partial charge in [-0.1, -0.05) is 19.8 Å². The average Bonchev–Trinajstić information content (AvgIpc) is 3.01. The third-order valence-electron chi connectivity index (χ3n) is 4.33. The van der Waals surface area contributed by atoms with Gasteiger partial charge in [0, 0.05) is 30.6 Å². The van der Waals surface area contributed by atoms with Crippen molar-refractivity contribution in [3.63, 3.8) is 0 Å². The van der Waals surface area contributed by atoms with Crippen molar-refractivity contribution in [2.45, 2.75) is 45.2 Å². The van der Waals surface area contributed by atoms with Crippen LogP contribution >= 0.6 is 0 Å². The zero-order valence-electron chi connectivity index (χ0n) is 13.2. The molecule has 122 valence electrons. The molecule has 0 bridgehead atoms. The van der Waals surface area contributed by atoms with Crippen LogP contribution in [0.4, 0.5) is 8.78 Å². The van der Waals surface area contributed by atoms with Crippen molar-refractivity contribution in [3.8, 4) is 0 Å². The molecule has 1 amide bonds. The molecule has 22 heavy (non-hydrogen) atoms. The molecule has 1 unspecified atom stereocenters. The van der Waals surface area contributed by atoms with Crippen LogP contribution in [0.5, 0.6) is 0 Å². The maximum atomic E-state index is 13.9. The molecule has 1 atom stereocenters. The first-order valence-electron chi connectivity index (χ1n) is 7.92. The highest BCUT2D eigenvalue weighted by Crippen LogP contribution is 2.27. The van der Waals surface area contributed by atoms with E-state index in [2.05, 4.69) is 5.32 Å². The third-order valence-corrected chi connectivity index (χ3v) is 4.33. The first kappa shape index (κ1) is 16.9. The molecule has 0 spiro atoms. The molecule has 1 saturated carbocycles. The lowest BCUT2D eigenvalue weighted by Gasteiger charge is -2.31. The van der Waals surface area contributed by atoms with E-state index in [0.717, 1.165) is 37.8 Å². The molecule has 1 aromatic carbocycles. The van der Waals surface area contributed by atoms with Crippen molar-refractivity contribution in [3.05, 3.63) is 35.4 Å². The maximum absolute atomic E-state index is 13.9. The molecule has 0 aliphatic heterocycles. The van der Waals surface area contributed by atoms with Gasteiger partial charge in [-0.2, -0.15) is 0 Å². The van der Waals surface area contributed by atoms with E-state index in [1.165, 1.54) is 6.07 Å². The van der Waals surface area contributed by atoms with Crippen LogP contribution in [0.2, 0.25) is 0 Å². The van der Waals surface area contributed by atoms with Crippen LogP contribution in [0, 0.1) is 17.6 Å². The lowest BCUT2D eigenvalue weighted by Crippen LogP contribution is -2.43. The zero-order chi connectivity index (χ0) is 16.1. The number of carbonyl (C=O) groups is 1. The van der Waals surface area contributed by atoms with Crippen molar-refractivity contribution in [2.75, 3.05) is 13.6 Å². The first-order chi connectivity index (χ1) is 10.5. The van der Waals surface area contributed by atoms with Crippen LogP contribution in [-0.2, 0) is 11.3 Å². The Morgan fingerprint density at radius 3 is 2.68 bits per heavy atom. The summed E-state index contributed by atoms with van der Waals surface area (Å²) in [4.78, 5) is 14.4. The predicted molar refractivity (Wildman–Crippen MR) is 82.3 cm³/mol. The second-order valence-corrected chi connectivity index (χ2v) is 6.10. The van der Waals surface area contributed by atoms with Gasteiger partial charge in [0.1, 0.15) is 11.6 Å². The summed E-state index contributed by atoms with van der Waals surface area (Å²) in [6.45, 7) is 2.58. The van der Waals surface area contributed by atoms with E-state index in [1.807, 2.05) is 6.92 Å². The smallest absolute Gasteiger partial charge is 0.227 e. The monoisotopic (exact) mass is 310 g/mol. The number of halogens is 2. The molecule has 0 heterocycles. The number of nitrogens with zero attached hydrogens (tertiary/aromatic N) is 1. The van der Waals surface area contributed by atoms with E-state index in [-0.39, 0.29) is 30.0 Å². The summed E-state index contributed by atoms with van der Waals surface area (Å²) >= 11 is 0. The third kappa shape index (κ3) is 4.03. The van der Waals surface area contributed by atoms with Crippen molar-refractivity contribution < 1.29 is 13.6 Å². The van der Waals surface area contributed by atoms with E-state index >= 15 is 0 Å². The quantitative estimate of drug-likeness (QED) is 0.876. The van der Waals surface area contributed by atoms with Crippen LogP contribution in [0.25, 0.3) is 0 Å². The van der Waals surface area contributed by atoms with Crippen LogP contribution in [0.3, 0.4) is 0 Å².